The van der Waals surface area contributed by atoms with Crippen LogP contribution in [0.4, 0.5) is 0 Å². The van der Waals surface area contributed by atoms with E-state index in [2.05, 4.69) is 15.3 Å². The summed E-state index contributed by atoms with van der Waals surface area (Å²) >= 11 is 0. The van der Waals surface area contributed by atoms with Crippen LogP contribution in [0.25, 0.3) is 0 Å². The molecule has 1 aromatic rings. The van der Waals surface area contributed by atoms with Crippen molar-refractivity contribution in [3.63, 3.8) is 0 Å². The van der Waals surface area contributed by atoms with Gasteiger partial charge in [0.05, 0.1) is 5.56 Å². The molecule has 1 rings (SSSR count). The molecule has 2 atom stereocenters. The highest BCUT2D eigenvalue weighted by atomic mass is 16.3. The Bertz CT molecular complexity index is 498. The van der Waals surface area contributed by atoms with Gasteiger partial charge >= 0.3 is 0 Å². The Kier molecular flexibility index (Phi) is 4.57. The number of nitrogens with zero attached hydrogens (tertiary/aromatic N) is 1. The van der Waals surface area contributed by atoms with Gasteiger partial charge in [-0.05, 0) is 20.8 Å². The molecule has 7 nitrogen and oxygen atoms in total. The molecule has 0 aliphatic heterocycles. The first-order valence-corrected chi connectivity index (χ1v) is 5.61. The van der Waals surface area contributed by atoms with E-state index in [0.717, 1.165) is 0 Å². The fraction of sp³-hybridized carbons (Fsp3) is 0.545. The predicted molar refractivity (Wildman–Crippen MR) is 66.0 cm³/mol. The Morgan fingerprint density at radius 3 is 2.67 bits per heavy atom. The molecule has 0 aliphatic carbocycles. The molecule has 0 saturated heterocycles. The summed E-state index contributed by atoms with van der Waals surface area (Å²) in [5.74, 6) is -0.256. The highest BCUT2D eigenvalue weighted by Crippen LogP contribution is 2.10. The summed E-state index contributed by atoms with van der Waals surface area (Å²) in [6, 6.07) is -0.337. The molecule has 7 heteroatoms. The molecule has 0 spiro atoms. The quantitative estimate of drug-likeness (QED) is 0.530. The van der Waals surface area contributed by atoms with Crippen molar-refractivity contribution in [1.29, 1.82) is 0 Å². The summed E-state index contributed by atoms with van der Waals surface area (Å²) in [4.78, 5) is 29.2. The number of nitrogens with one attached hydrogen (secondary N) is 2. The number of aromatic nitrogens is 2. The van der Waals surface area contributed by atoms with E-state index in [4.69, 9.17) is 5.73 Å². The Balaban J connectivity index is 2.82. The van der Waals surface area contributed by atoms with Crippen LogP contribution < -0.4 is 16.6 Å². The maximum Gasteiger partial charge on any atom is 0.255 e. The van der Waals surface area contributed by atoms with Crippen molar-refractivity contribution < 1.29 is 9.90 Å². The minimum Gasteiger partial charge on any atom is -0.382 e. The lowest BCUT2D eigenvalue weighted by Crippen LogP contribution is -2.39. The third-order valence-corrected chi connectivity index (χ3v) is 2.64. The van der Waals surface area contributed by atoms with Crippen LogP contribution >= 0.6 is 0 Å². The third-order valence-electron chi connectivity index (χ3n) is 2.64. The van der Waals surface area contributed by atoms with Gasteiger partial charge in [0.25, 0.3) is 5.56 Å². The zero-order valence-electron chi connectivity index (χ0n) is 10.7. The number of aliphatic hydroxyl groups is 1. The Morgan fingerprint density at radius 1 is 1.56 bits per heavy atom. The minimum atomic E-state index is -1.27. The van der Waals surface area contributed by atoms with E-state index in [0.29, 0.717) is 17.1 Å². The first-order chi connectivity index (χ1) is 8.32. The molecule has 100 valence electrons. The lowest BCUT2D eigenvalue weighted by atomic mass is 10.1. The number of hydrogen-bond acceptors (Lipinski definition) is 5. The predicted octanol–water partition coefficient (Wildman–Crippen LogP) is -1.12. The summed E-state index contributed by atoms with van der Waals surface area (Å²) in [7, 11) is 0. The number of aryl methyl sites for hydroxylation is 2. The summed E-state index contributed by atoms with van der Waals surface area (Å²) in [6.07, 6.45) is -1.27. The molecule has 0 fully saturated rings. The zero-order chi connectivity index (χ0) is 13.9. The SMILES string of the molecule is Cc1nc(C)c(C(C)NCC(O)C(N)=O)c(=O)[nH]1. The number of amides is 1. The molecule has 0 saturated carbocycles. The summed E-state index contributed by atoms with van der Waals surface area (Å²) in [5.41, 5.74) is 5.80. The number of hydrogen-bond donors (Lipinski definition) is 4. The number of primary amides is 1. The van der Waals surface area contributed by atoms with Crippen LogP contribution in [0.2, 0.25) is 0 Å². The fourth-order valence-electron chi connectivity index (χ4n) is 1.74. The van der Waals surface area contributed by atoms with Gasteiger partial charge in [-0.25, -0.2) is 4.98 Å². The second-order valence-corrected chi connectivity index (χ2v) is 4.20. The molecule has 0 bridgehead atoms. The van der Waals surface area contributed by atoms with Gasteiger partial charge in [0.2, 0.25) is 5.91 Å². The van der Waals surface area contributed by atoms with E-state index >= 15 is 0 Å². The van der Waals surface area contributed by atoms with Gasteiger partial charge in [0, 0.05) is 18.3 Å². The van der Waals surface area contributed by atoms with Gasteiger partial charge in [-0.2, -0.15) is 0 Å². The van der Waals surface area contributed by atoms with E-state index in [1.165, 1.54) is 0 Å². The molecule has 1 aromatic heterocycles. The molecule has 0 aliphatic rings. The van der Waals surface area contributed by atoms with Gasteiger partial charge in [-0.15, -0.1) is 0 Å². The van der Waals surface area contributed by atoms with Crippen molar-refractivity contribution >= 4 is 5.91 Å². The van der Waals surface area contributed by atoms with Crippen molar-refractivity contribution in [3.8, 4) is 0 Å². The van der Waals surface area contributed by atoms with Crippen molar-refractivity contribution in [2.24, 2.45) is 5.73 Å². The number of nitrogens with two attached hydrogens (primary N) is 1. The van der Waals surface area contributed by atoms with Crippen molar-refractivity contribution in [3.05, 3.63) is 27.4 Å². The van der Waals surface area contributed by atoms with Crippen molar-refractivity contribution in [1.82, 2.24) is 15.3 Å². The van der Waals surface area contributed by atoms with Crippen molar-refractivity contribution in [2.75, 3.05) is 6.54 Å². The van der Waals surface area contributed by atoms with Crippen LogP contribution in [0.5, 0.6) is 0 Å². The van der Waals surface area contributed by atoms with Crippen LogP contribution in [0, 0.1) is 13.8 Å². The lowest BCUT2D eigenvalue weighted by Gasteiger charge is -2.16. The normalized spacial score (nSPS) is 14.2. The topological polar surface area (TPSA) is 121 Å². The second-order valence-electron chi connectivity index (χ2n) is 4.20. The standard InChI is InChI=1S/C11H18N4O3/c1-5(13-4-8(16)10(12)17)9-6(2)14-7(3)15-11(9)18/h5,8,13,16H,4H2,1-3H3,(H2,12,17)(H,14,15,18). The maximum absolute atomic E-state index is 11.8. The number of H-pyrrole nitrogens is 1. The highest BCUT2D eigenvalue weighted by Gasteiger charge is 2.17. The smallest absolute Gasteiger partial charge is 0.255 e. The Hall–Kier alpha value is -1.73. The van der Waals surface area contributed by atoms with Gasteiger partial charge in [-0.3, -0.25) is 9.59 Å². The summed E-state index contributed by atoms with van der Waals surface area (Å²) in [5, 5.41) is 12.1. The number of aliphatic hydroxyl groups excluding tert-OH is 1. The molecular weight excluding hydrogens is 236 g/mol. The molecule has 18 heavy (non-hydrogen) atoms. The molecule has 5 N–H and O–H groups in total. The van der Waals surface area contributed by atoms with Crippen LogP contribution in [0.1, 0.15) is 30.0 Å². The lowest BCUT2D eigenvalue weighted by molar-refractivity contribution is -0.125. The van der Waals surface area contributed by atoms with Crippen LogP contribution in [0.3, 0.4) is 0 Å². The molecular formula is C11H18N4O3. The first kappa shape index (κ1) is 14.3. The minimum absolute atomic E-state index is 0.0107. The van der Waals surface area contributed by atoms with Gasteiger partial charge in [0.15, 0.2) is 0 Å². The number of aromatic amines is 1. The monoisotopic (exact) mass is 254 g/mol. The van der Waals surface area contributed by atoms with Gasteiger partial charge < -0.3 is 21.1 Å². The Morgan fingerprint density at radius 2 is 2.17 bits per heavy atom. The van der Waals surface area contributed by atoms with Crippen molar-refractivity contribution in [2.45, 2.75) is 32.9 Å². The van der Waals surface area contributed by atoms with E-state index in [9.17, 15) is 14.7 Å². The molecule has 0 radical (unpaired) electrons. The van der Waals surface area contributed by atoms with E-state index in [-0.39, 0.29) is 18.1 Å². The highest BCUT2D eigenvalue weighted by molar-refractivity contribution is 5.78. The molecule has 0 aromatic carbocycles. The van der Waals surface area contributed by atoms with E-state index < -0.39 is 12.0 Å². The summed E-state index contributed by atoms with van der Waals surface area (Å²) < 4.78 is 0. The van der Waals surface area contributed by atoms with Crippen LogP contribution in [-0.4, -0.2) is 33.6 Å². The second kappa shape index (κ2) is 5.74. The number of rotatable bonds is 5. The zero-order valence-corrected chi connectivity index (χ0v) is 10.7. The average molecular weight is 254 g/mol. The van der Waals surface area contributed by atoms with Gasteiger partial charge in [-0.1, -0.05) is 0 Å². The maximum atomic E-state index is 11.8. The average Bonchev–Trinajstić information content (AvgIpc) is 2.24. The molecule has 1 amide bonds. The van der Waals surface area contributed by atoms with Gasteiger partial charge in [0.1, 0.15) is 11.9 Å². The largest absolute Gasteiger partial charge is 0.382 e. The number of carbonyl (C=O) groups is 1. The van der Waals surface area contributed by atoms with Crippen LogP contribution in [0.15, 0.2) is 4.79 Å². The summed E-state index contributed by atoms with van der Waals surface area (Å²) in [6.45, 7) is 5.18. The molecule has 1 heterocycles. The van der Waals surface area contributed by atoms with Crippen LogP contribution in [-0.2, 0) is 4.79 Å². The Labute approximate surface area is 104 Å². The number of carbonyl (C=O) groups excluding carboxylic acids is 1. The van der Waals surface area contributed by atoms with E-state index in [1.807, 2.05) is 0 Å². The molecule has 2 unspecified atom stereocenters. The first-order valence-electron chi connectivity index (χ1n) is 5.61. The fourth-order valence-corrected chi connectivity index (χ4v) is 1.74. The van der Waals surface area contributed by atoms with E-state index in [1.54, 1.807) is 20.8 Å². The third kappa shape index (κ3) is 3.38.